The highest BCUT2D eigenvalue weighted by Crippen LogP contribution is 2.27. The minimum absolute atomic E-state index is 0.0588. The predicted molar refractivity (Wildman–Crippen MR) is 115 cm³/mol. The third kappa shape index (κ3) is 4.51. The molecule has 4 rings (SSSR count). The van der Waals surface area contributed by atoms with Crippen LogP contribution in [-0.2, 0) is 4.79 Å². The quantitative estimate of drug-likeness (QED) is 0.661. The lowest BCUT2D eigenvalue weighted by Gasteiger charge is -2.36. The lowest BCUT2D eigenvalue weighted by Crippen LogP contribution is -2.52. The number of piperazine rings is 1. The molecular weight excluding hydrogens is 376 g/mol. The third-order valence-corrected chi connectivity index (χ3v) is 5.31. The summed E-state index contributed by atoms with van der Waals surface area (Å²) in [6.45, 7) is 1.87. The Morgan fingerprint density at radius 1 is 0.633 bits per heavy atom. The molecule has 3 aromatic carbocycles. The van der Waals surface area contributed by atoms with Crippen LogP contribution in [0, 0.1) is 0 Å². The van der Waals surface area contributed by atoms with Gasteiger partial charge in [-0.05, 0) is 23.3 Å². The Balaban J connectivity index is 1.44. The van der Waals surface area contributed by atoms with Crippen molar-refractivity contribution in [3.8, 4) is 5.75 Å². The van der Waals surface area contributed by atoms with Crippen molar-refractivity contribution in [1.29, 1.82) is 0 Å². The summed E-state index contributed by atoms with van der Waals surface area (Å²) in [4.78, 5) is 29.4. The highest BCUT2D eigenvalue weighted by Gasteiger charge is 2.31. The van der Waals surface area contributed by atoms with Gasteiger partial charge in [0.2, 0.25) is 5.91 Å². The van der Waals surface area contributed by atoms with Crippen LogP contribution in [0.4, 0.5) is 4.79 Å². The number of para-hydroxylation sites is 1. The predicted octanol–water partition coefficient (Wildman–Crippen LogP) is 4.16. The molecule has 1 aliphatic rings. The van der Waals surface area contributed by atoms with Crippen LogP contribution in [0.2, 0.25) is 0 Å². The van der Waals surface area contributed by atoms with Gasteiger partial charge < -0.3 is 14.5 Å². The second-order valence-corrected chi connectivity index (χ2v) is 7.25. The highest BCUT2D eigenvalue weighted by molar-refractivity contribution is 5.87. The van der Waals surface area contributed by atoms with Gasteiger partial charge in [-0.3, -0.25) is 4.79 Å². The minimum atomic E-state index is -0.379. The van der Waals surface area contributed by atoms with Gasteiger partial charge in [-0.2, -0.15) is 0 Å². The van der Waals surface area contributed by atoms with Crippen LogP contribution >= 0.6 is 0 Å². The fraction of sp³-hybridized carbons (Fsp3) is 0.200. The molecule has 1 saturated heterocycles. The summed E-state index contributed by atoms with van der Waals surface area (Å²) in [7, 11) is 0. The Kier molecular flexibility index (Phi) is 6.09. The minimum Gasteiger partial charge on any atom is -0.410 e. The van der Waals surface area contributed by atoms with Crippen molar-refractivity contribution in [1.82, 2.24) is 9.80 Å². The number of amides is 2. The summed E-state index contributed by atoms with van der Waals surface area (Å²) in [6, 6.07) is 28.7. The first-order chi connectivity index (χ1) is 14.7. The Morgan fingerprint density at radius 3 is 1.57 bits per heavy atom. The highest BCUT2D eigenvalue weighted by atomic mass is 16.6. The molecule has 0 bridgehead atoms. The smallest absolute Gasteiger partial charge is 0.410 e. The topological polar surface area (TPSA) is 49.9 Å². The Labute approximate surface area is 176 Å². The molecule has 0 aliphatic carbocycles. The van der Waals surface area contributed by atoms with E-state index in [1.807, 2.05) is 83.8 Å². The molecule has 5 heteroatoms. The summed E-state index contributed by atoms with van der Waals surface area (Å²) in [5, 5.41) is 0. The van der Waals surface area contributed by atoms with Crippen LogP contribution in [0.1, 0.15) is 17.0 Å². The van der Waals surface area contributed by atoms with Gasteiger partial charge in [-0.25, -0.2) is 4.79 Å². The molecule has 30 heavy (non-hydrogen) atoms. The molecule has 0 spiro atoms. The largest absolute Gasteiger partial charge is 0.415 e. The van der Waals surface area contributed by atoms with Crippen molar-refractivity contribution in [3.05, 3.63) is 102 Å². The van der Waals surface area contributed by atoms with Crippen molar-refractivity contribution in [2.24, 2.45) is 0 Å². The number of carbonyl (C=O) groups excluding carboxylic acids is 2. The van der Waals surface area contributed by atoms with E-state index in [4.69, 9.17) is 4.74 Å². The molecule has 2 amide bonds. The second-order valence-electron chi connectivity index (χ2n) is 7.25. The number of carbonyl (C=O) groups is 2. The van der Waals surface area contributed by atoms with Gasteiger partial charge >= 0.3 is 6.09 Å². The zero-order valence-corrected chi connectivity index (χ0v) is 16.7. The zero-order chi connectivity index (χ0) is 20.8. The van der Waals surface area contributed by atoms with Gasteiger partial charge in [0.05, 0.1) is 5.92 Å². The van der Waals surface area contributed by atoms with Crippen molar-refractivity contribution < 1.29 is 14.3 Å². The molecule has 0 radical (unpaired) electrons. The number of nitrogens with zero attached hydrogens (tertiary/aromatic N) is 2. The monoisotopic (exact) mass is 400 g/mol. The maximum Gasteiger partial charge on any atom is 0.415 e. The molecule has 0 saturated carbocycles. The van der Waals surface area contributed by atoms with Gasteiger partial charge in [0, 0.05) is 26.2 Å². The first-order valence-corrected chi connectivity index (χ1v) is 10.1. The third-order valence-electron chi connectivity index (χ3n) is 5.31. The Morgan fingerprint density at radius 2 is 1.07 bits per heavy atom. The summed E-state index contributed by atoms with van der Waals surface area (Å²) >= 11 is 0. The van der Waals surface area contributed by atoms with Crippen molar-refractivity contribution in [2.45, 2.75) is 5.92 Å². The van der Waals surface area contributed by atoms with Gasteiger partial charge in [0.25, 0.3) is 0 Å². The van der Waals surface area contributed by atoms with E-state index in [2.05, 4.69) is 0 Å². The zero-order valence-electron chi connectivity index (χ0n) is 16.7. The van der Waals surface area contributed by atoms with Gasteiger partial charge in [-0.1, -0.05) is 78.9 Å². The van der Waals surface area contributed by atoms with Crippen LogP contribution in [0.3, 0.4) is 0 Å². The van der Waals surface area contributed by atoms with Crippen LogP contribution in [0.25, 0.3) is 0 Å². The van der Waals surface area contributed by atoms with Crippen molar-refractivity contribution in [3.63, 3.8) is 0 Å². The molecule has 0 unspecified atom stereocenters. The number of hydrogen-bond donors (Lipinski definition) is 0. The summed E-state index contributed by atoms with van der Waals surface area (Å²) in [6.07, 6.45) is -0.379. The van der Waals surface area contributed by atoms with E-state index in [1.54, 1.807) is 17.0 Å². The molecule has 0 N–H and O–H groups in total. The molecular formula is C25H24N2O3. The summed E-state index contributed by atoms with van der Waals surface area (Å²) in [5.74, 6) is 0.230. The molecule has 1 fully saturated rings. The SMILES string of the molecule is O=C(Oc1ccccc1)N1CCN(C(=O)C(c2ccccc2)c2ccccc2)CC1. The molecule has 0 aromatic heterocycles. The van der Waals surface area contributed by atoms with Crippen LogP contribution in [-0.4, -0.2) is 48.0 Å². The number of ether oxygens (including phenoxy) is 1. The lowest BCUT2D eigenvalue weighted by atomic mass is 9.90. The number of hydrogen-bond acceptors (Lipinski definition) is 3. The molecule has 0 atom stereocenters. The molecule has 3 aromatic rings. The summed E-state index contributed by atoms with van der Waals surface area (Å²) < 4.78 is 5.42. The van der Waals surface area contributed by atoms with Crippen LogP contribution in [0.15, 0.2) is 91.0 Å². The first-order valence-electron chi connectivity index (χ1n) is 10.1. The van der Waals surface area contributed by atoms with Crippen molar-refractivity contribution in [2.75, 3.05) is 26.2 Å². The summed E-state index contributed by atoms with van der Waals surface area (Å²) in [5.41, 5.74) is 1.94. The lowest BCUT2D eigenvalue weighted by molar-refractivity contribution is -0.133. The number of benzene rings is 3. The molecule has 1 heterocycles. The van der Waals surface area contributed by atoms with E-state index in [0.717, 1.165) is 11.1 Å². The maximum atomic E-state index is 13.5. The van der Waals surface area contributed by atoms with Gasteiger partial charge in [-0.15, -0.1) is 0 Å². The van der Waals surface area contributed by atoms with Crippen molar-refractivity contribution >= 4 is 12.0 Å². The van der Waals surface area contributed by atoms with E-state index >= 15 is 0 Å². The van der Waals surface area contributed by atoms with Crippen LogP contribution in [0.5, 0.6) is 5.75 Å². The van der Waals surface area contributed by atoms with Crippen LogP contribution < -0.4 is 4.74 Å². The molecule has 1 aliphatic heterocycles. The fourth-order valence-electron chi connectivity index (χ4n) is 3.71. The van der Waals surface area contributed by atoms with E-state index < -0.39 is 0 Å². The maximum absolute atomic E-state index is 13.5. The van der Waals surface area contributed by atoms with E-state index in [9.17, 15) is 9.59 Å². The molecule has 5 nitrogen and oxygen atoms in total. The Hall–Kier alpha value is -3.60. The van der Waals surface area contributed by atoms with E-state index in [-0.39, 0.29) is 17.9 Å². The Bertz CT molecular complexity index is 930. The van der Waals surface area contributed by atoms with Gasteiger partial charge in [0.1, 0.15) is 5.75 Å². The normalized spacial score (nSPS) is 13.9. The van der Waals surface area contributed by atoms with E-state index in [1.165, 1.54) is 0 Å². The van der Waals surface area contributed by atoms with E-state index in [0.29, 0.717) is 31.9 Å². The second kappa shape index (κ2) is 9.27. The van der Waals surface area contributed by atoms with Gasteiger partial charge in [0.15, 0.2) is 0 Å². The average molecular weight is 400 g/mol. The molecule has 152 valence electrons. The first kappa shape index (κ1) is 19.7. The average Bonchev–Trinajstić information content (AvgIpc) is 2.81. The standard InChI is InChI=1S/C25H24N2O3/c28-24(23(20-10-4-1-5-11-20)21-12-6-2-7-13-21)26-16-18-27(19-17-26)25(29)30-22-14-8-3-9-15-22/h1-15,23H,16-19H2. The number of rotatable bonds is 4. The fourth-order valence-corrected chi connectivity index (χ4v) is 3.71.